The average molecular weight is 417 g/mol. The first-order valence-electron chi connectivity index (χ1n) is 9.97. The number of aryl methyl sites for hydroxylation is 2. The fraction of sp³-hybridized carbons (Fsp3) is 0.409. The summed E-state index contributed by atoms with van der Waals surface area (Å²) in [6.07, 6.45) is 3.01. The largest absolute Gasteiger partial charge is 0.493 e. The fourth-order valence-electron chi connectivity index (χ4n) is 3.40. The Labute approximate surface area is 172 Å². The third kappa shape index (κ3) is 5.36. The van der Waals surface area contributed by atoms with E-state index in [1.165, 1.54) is 0 Å². The normalized spacial score (nSPS) is 15.1. The number of anilines is 1. The zero-order valence-corrected chi connectivity index (χ0v) is 17.8. The molecule has 0 unspecified atom stereocenters. The molecule has 29 heavy (non-hydrogen) atoms. The Balaban J connectivity index is 1.63. The van der Waals surface area contributed by atoms with Crippen LogP contribution in [0.1, 0.15) is 36.8 Å². The number of sulfonamides is 1. The molecule has 0 spiro atoms. The third-order valence-electron chi connectivity index (χ3n) is 5.09. The molecule has 1 amide bonds. The zero-order valence-electron chi connectivity index (χ0n) is 17.0. The Hall–Kier alpha value is -2.38. The van der Waals surface area contributed by atoms with Gasteiger partial charge in [0, 0.05) is 18.8 Å². The van der Waals surface area contributed by atoms with Crippen molar-refractivity contribution in [3.05, 3.63) is 53.6 Å². The van der Waals surface area contributed by atoms with E-state index in [0.717, 1.165) is 30.6 Å². The van der Waals surface area contributed by atoms with Gasteiger partial charge in [-0.2, -0.15) is 4.31 Å². The highest BCUT2D eigenvalue weighted by atomic mass is 32.2. The molecule has 0 aromatic heterocycles. The van der Waals surface area contributed by atoms with Gasteiger partial charge in [-0.3, -0.25) is 4.79 Å². The van der Waals surface area contributed by atoms with Gasteiger partial charge in [0.05, 0.1) is 17.9 Å². The maximum absolute atomic E-state index is 13.0. The van der Waals surface area contributed by atoms with Gasteiger partial charge >= 0.3 is 0 Å². The number of hydrogen-bond acceptors (Lipinski definition) is 4. The highest BCUT2D eigenvalue weighted by Gasteiger charge is 2.27. The number of rotatable bonds is 7. The molecule has 1 aliphatic rings. The summed E-state index contributed by atoms with van der Waals surface area (Å²) in [5.74, 6) is 0.536. The van der Waals surface area contributed by atoms with Gasteiger partial charge in [0.2, 0.25) is 15.9 Å². The molecule has 2 aromatic rings. The van der Waals surface area contributed by atoms with E-state index in [1.54, 1.807) is 29.4 Å². The number of carbonyl (C=O) groups excluding carboxylic acids is 1. The number of benzene rings is 2. The van der Waals surface area contributed by atoms with Gasteiger partial charge in [-0.15, -0.1) is 0 Å². The standard InChI is InChI=1S/C22H28N2O4S/c1-17-8-4-5-9-20(17)28-15-12-22(25)23-19-11-10-18(2)21(16-19)29(26,27)24-13-6-3-7-14-24/h4-5,8-11,16H,3,6-7,12-15H2,1-2H3,(H,23,25). The minimum Gasteiger partial charge on any atom is -0.493 e. The third-order valence-corrected chi connectivity index (χ3v) is 7.13. The van der Waals surface area contributed by atoms with E-state index in [1.807, 2.05) is 31.2 Å². The molecule has 1 heterocycles. The molecule has 0 atom stereocenters. The van der Waals surface area contributed by atoms with Crippen LogP contribution in [0.2, 0.25) is 0 Å². The zero-order chi connectivity index (χ0) is 20.9. The molecule has 0 radical (unpaired) electrons. The topological polar surface area (TPSA) is 75.7 Å². The predicted molar refractivity (Wildman–Crippen MR) is 114 cm³/mol. The monoisotopic (exact) mass is 416 g/mol. The van der Waals surface area contributed by atoms with Gasteiger partial charge in [0.1, 0.15) is 5.75 Å². The smallest absolute Gasteiger partial charge is 0.243 e. The lowest BCUT2D eigenvalue weighted by molar-refractivity contribution is -0.116. The Morgan fingerprint density at radius 2 is 1.76 bits per heavy atom. The van der Waals surface area contributed by atoms with Gasteiger partial charge < -0.3 is 10.1 Å². The average Bonchev–Trinajstić information content (AvgIpc) is 2.71. The van der Waals surface area contributed by atoms with Gasteiger partial charge in [0.15, 0.2) is 0 Å². The van der Waals surface area contributed by atoms with Crippen LogP contribution in [0.3, 0.4) is 0 Å². The molecule has 6 nitrogen and oxygen atoms in total. The summed E-state index contributed by atoms with van der Waals surface area (Å²) in [5, 5.41) is 2.78. The van der Waals surface area contributed by atoms with Crippen molar-refractivity contribution < 1.29 is 17.9 Å². The molecule has 2 aromatic carbocycles. The molecule has 156 valence electrons. The highest BCUT2D eigenvalue weighted by molar-refractivity contribution is 7.89. The van der Waals surface area contributed by atoms with Crippen molar-refractivity contribution >= 4 is 21.6 Å². The van der Waals surface area contributed by atoms with Crippen LogP contribution in [0.15, 0.2) is 47.4 Å². The second kappa shape index (κ2) is 9.41. The van der Waals surface area contributed by atoms with E-state index in [4.69, 9.17) is 4.74 Å². The molecule has 0 bridgehead atoms. The first kappa shape index (κ1) is 21.3. The summed E-state index contributed by atoms with van der Waals surface area (Å²) in [6, 6.07) is 12.7. The first-order valence-corrected chi connectivity index (χ1v) is 11.4. The van der Waals surface area contributed by atoms with E-state index >= 15 is 0 Å². The molecular formula is C22H28N2O4S. The molecule has 1 saturated heterocycles. The molecule has 1 N–H and O–H groups in total. The van der Waals surface area contributed by atoms with Crippen LogP contribution in [0.5, 0.6) is 5.75 Å². The van der Waals surface area contributed by atoms with E-state index in [0.29, 0.717) is 24.3 Å². The van der Waals surface area contributed by atoms with E-state index in [2.05, 4.69) is 5.32 Å². The highest BCUT2D eigenvalue weighted by Crippen LogP contribution is 2.26. The summed E-state index contributed by atoms with van der Waals surface area (Å²) in [5.41, 5.74) is 2.17. The number of nitrogens with one attached hydrogen (secondary N) is 1. The quantitative estimate of drug-likeness (QED) is 0.743. The van der Waals surface area contributed by atoms with Gasteiger partial charge in [0.25, 0.3) is 0 Å². The molecule has 1 fully saturated rings. The predicted octanol–water partition coefficient (Wildman–Crippen LogP) is 3.89. The molecule has 0 aliphatic carbocycles. The van der Waals surface area contributed by atoms with Crippen LogP contribution >= 0.6 is 0 Å². The lowest BCUT2D eigenvalue weighted by Gasteiger charge is -2.26. The van der Waals surface area contributed by atoms with Crippen molar-refractivity contribution in [1.82, 2.24) is 4.31 Å². The maximum atomic E-state index is 13.0. The molecule has 0 saturated carbocycles. The molecule has 1 aliphatic heterocycles. The second-order valence-electron chi connectivity index (χ2n) is 7.36. The Morgan fingerprint density at radius 1 is 1.03 bits per heavy atom. The minimum absolute atomic E-state index is 0.177. The summed E-state index contributed by atoms with van der Waals surface area (Å²) >= 11 is 0. The van der Waals surface area contributed by atoms with Crippen molar-refractivity contribution in [1.29, 1.82) is 0 Å². The lowest BCUT2D eigenvalue weighted by Crippen LogP contribution is -2.36. The van der Waals surface area contributed by atoms with E-state index < -0.39 is 10.0 Å². The number of amides is 1. The molecular weight excluding hydrogens is 388 g/mol. The fourth-order valence-corrected chi connectivity index (χ4v) is 5.16. The summed E-state index contributed by atoms with van der Waals surface area (Å²) in [6.45, 7) is 5.08. The van der Waals surface area contributed by atoms with Crippen LogP contribution in [-0.2, 0) is 14.8 Å². The second-order valence-corrected chi connectivity index (χ2v) is 9.26. The van der Waals surface area contributed by atoms with Crippen LogP contribution in [-0.4, -0.2) is 38.3 Å². The maximum Gasteiger partial charge on any atom is 0.243 e. The number of hydrogen-bond donors (Lipinski definition) is 1. The Kier molecular flexibility index (Phi) is 6.92. The summed E-state index contributed by atoms with van der Waals surface area (Å²) < 4.78 is 33.2. The summed E-state index contributed by atoms with van der Waals surface area (Å²) in [7, 11) is -3.55. The van der Waals surface area contributed by atoms with Crippen LogP contribution in [0, 0.1) is 13.8 Å². The number of ether oxygens (including phenoxy) is 1. The van der Waals surface area contributed by atoms with E-state index in [-0.39, 0.29) is 23.8 Å². The van der Waals surface area contributed by atoms with Gasteiger partial charge in [-0.1, -0.05) is 30.7 Å². The Bertz CT molecular complexity index is 967. The summed E-state index contributed by atoms with van der Waals surface area (Å²) in [4.78, 5) is 12.5. The van der Waals surface area contributed by atoms with Crippen molar-refractivity contribution in [3.63, 3.8) is 0 Å². The first-order chi connectivity index (χ1) is 13.9. The Morgan fingerprint density at radius 3 is 2.48 bits per heavy atom. The van der Waals surface area contributed by atoms with Crippen molar-refractivity contribution in [2.24, 2.45) is 0 Å². The molecule has 7 heteroatoms. The number of nitrogens with zero attached hydrogens (tertiary/aromatic N) is 1. The molecule has 3 rings (SSSR count). The number of piperidine rings is 1. The van der Waals surface area contributed by atoms with Gasteiger partial charge in [-0.05, 0) is 56.0 Å². The lowest BCUT2D eigenvalue weighted by atomic mass is 10.2. The van der Waals surface area contributed by atoms with Crippen LogP contribution in [0.4, 0.5) is 5.69 Å². The van der Waals surface area contributed by atoms with Crippen LogP contribution in [0.25, 0.3) is 0 Å². The number of para-hydroxylation sites is 1. The van der Waals surface area contributed by atoms with Crippen molar-refractivity contribution in [2.75, 3.05) is 25.0 Å². The number of carbonyl (C=O) groups is 1. The van der Waals surface area contributed by atoms with Crippen molar-refractivity contribution in [2.45, 2.75) is 44.4 Å². The van der Waals surface area contributed by atoms with Gasteiger partial charge in [-0.25, -0.2) is 8.42 Å². The van der Waals surface area contributed by atoms with Crippen molar-refractivity contribution in [3.8, 4) is 5.75 Å². The van der Waals surface area contributed by atoms with E-state index in [9.17, 15) is 13.2 Å². The minimum atomic E-state index is -3.55. The SMILES string of the molecule is Cc1ccccc1OCCC(=O)Nc1ccc(C)c(S(=O)(=O)N2CCCCC2)c1. The van der Waals surface area contributed by atoms with Crippen LogP contribution < -0.4 is 10.1 Å².